The molecule has 0 saturated heterocycles. The number of anilines is 2. The van der Waals surface area contributed by atoms with Crippen molar-refractivity contribution in [1.29, 1.82) is 0 Å². The molecular formula is C8H9ClN6O. The van der Waals surface area contributed by atoms with Crippen molar-refractivity contribution in [3.05, 3.63) is 27.7 Å². The predicted octanol–water partition coefficient (Wildman–Crippen LogP) is 0.604. The van der Waals surface area contributed by atoms with Crippen LogP contribution in [0.3, 0.4) is 0 Å². The number of hydrogen-bond donors (Lipinski definition) is 2. The molecule has 2 aromatic rings. The van der Waals surface area contributed by atoms with Crippen molar-refractivity contribution < 1.29 is 0 Å². The molecule has 0 radical (unpaired) electrons. The number of nitrogens with zero attached hydrogens (tertiary/aromatic N) is 4. The van der Waals surface area contributed by atoms with Crippen LogP contribution in [0.15, 0.2) is 11.1 Å². The molecule has 2 N–H and O–H groups in total. The third-order valence-electron chi connectivity index (χ3n) is 1.98. The van der Waals surface area contributed by atoms with Crippen LogP contribution in [0.25, 0.3) is 0 Å². The van der Waals surface area contributed by atoms with E-state index >= 15 is 0 Å². The van der Waals surface area contributed by atoms with E-state index < -0.39 is 5.69 Å². The van der Waals surface area contributed by atoms with Gasteiger partial charge in [-0.2, -0.15) is 10.1 Å². The fourth-order valence-electron chi connectivity index (χ4n) is 1.26. The van der Waals surface area contributed by atoms with Gasteiger partial charge in [-0.05, 0) is 6.92 Å². The normalized spacial score (nSPS) is 10.4. The van der Waals surface area contributed by atoms with E-state index in [1.807, 2.05) is 0 Å². The minimum Gasteiger partial charge on any atom is -0.321 e. The van der Waals surface area contributed by atoms with Gasteiger partial charge in [0.1, 0.15) is 12.0 Å². The Morgan fingerprint density at radius 1 is 1.50 bits per heavy atom. The Labute approximate surface area is 95.5 Å². The summed E-state index contributed by atoms with van der Waals surface area (Å²) in [5, 5.41) is 7.44. The Hall–Kier alpha value is -1.89. The van der Waals surface area contributed by atoms with Gasteiger partial charge in [0.25, 0.3) is 0 Å². The van der Waals surface area contributed by atoms with Crippen molar-refractivity contribution >= 4 is 23.2 Å². The number of hydrogen-bond acceptors (Lipinski definition) is 5. The number of halogens is 1. The predicted molar refractivity (Wildman–Crippen MR) is 58.9 cm³/mol. The van der Waals surface area contributed by atoms with Crippen LogP contribution in [-0.2, 0) is 7.05 Å². The van der Waals surface area contributed by atoms with Gasteiger partial charge in [0.05, 0.1) is 5.69 Å². The van der Waals surface area contributed by atoms with Crippen LogP contribution in [0.2, 0.25) is 5.15 Å². The highest BCUT2D eigenvalue weighted by Crippen LogP contribution is 2.26. The number of aryl methyl sites for hydroxylation is 2. The van der Waals surface area contributed by atoms with Crippen LogP contribution in [0.5, 0.6) is 0 Å². The van der Waals surface area contributed by atoms with Crippen LogP contribution < -0.4 is 11.0 Å². The summed E-state index contributed by atoms with van der Waals surface area (Å²) < 4.78 is 1.53. The van der Waals surface area contributed by atoms with Crippen LogP contribution in [0, 0.1) is 6.92 Å². The highest BCUT2D eigenvalue weighted by molar-refractivity contribution is 6.32. The molecule has 0 amide bonds. The number of rotatable bonds is 2. The summed E-state index contributed by atoms with van der Waals surface area (Å²) in [6.07, 6.45) is 1.17. The zero-order chi connectivity index (χ0) is 11.7. The fraction of sp³-hybridized carbons (Fsp3) is 0.250. The number of nitrogens with one attached hydrogen (secondary N) is 2. The first-order valence-corrected chi connectivity index (χ1v) is 4.83. The summed E-state index contributed by atoms with van der Waals surface area (Å²) in [5.41, 5.74) is 0.848. The lowest BCUT2D eigenvalue weighted by molar-refractivity contribution is 0.757. The lowest BCUT2D eigenvalue weighted by Crippen LogP contribution is -2.13. The first kappa shape index (κ1) is 10.6. The minimum atomic E-state index is -0.477. The van der Waals surface area contributed by atoms with Crippen molar-refractivity contribution in [2.75, 3.05) is 5.32 Å². The van der Waals surface area contributed by atoms with Gasteiger partial charge in [0.2, 0.25) is 5.95 Å². The van der Waals surface area contributed by atoms with Gasteiger partial charge in [-0.3, -0.25) is 9.67 Å². The van der Waals surface area contributed by atoms with Crippen molar-refractivity contribution in [2.24, 2.45) is 7.05 Å². The largest absolute Gasteiger partial charge is 0.349 e. The van der Waals surface area contributed by atoms with Crippen molar-refractivity contribution in [1.82, 2.24) is 24.7 Å². The van der Waals surface area contributed by atoms with E-state index in [2.05, 4.69) is 25.4 Å². The van der Waals surface area contributed by atoms with E-state index in [0.29, 0.717) is 16.5 Å². The minimum absolute atomic E-state index is 0.276. The van der Waals surface area contributed by atoms with E-state index in [4.69, 9.17) is 11.6 Å². The summed E-state index contributed by atoms with van der Waals surface area (Å²) >= 11 is 6.01. The molecule has 0 aliphatic carbocycles. The molecule has 8 heteroatoms. The van der Waals surface area contributed by atoms with Gasteiger partial charge in [-0.25, -0.2) is 9.78 Å². The second-order valence-corrected chi connectivity index (χ2v) is 3.51. The lowest BCUT2D eigenvalue weighted by Gasteiger charge is -2.03. The molecule has 0 fully saturated rings. The third-order valence-corrected chi connectivity index (χ3v) is 2.42. The Balaban J connectivity index is 2.37. The zero-order valence-corrected chi connectivity index (χ0v) is 9.41. The molecule has 0 aliphatic rings. The second kappa shape index (κ2) is 3.93. The SMILES string of the molecule is Cc1nn(C)c(Cl)c1Nc1ncnc(=O)[nH]1. The molecular weight excluding hydrogens is 232 g/mol. The van der Waals surface area contributed by atoms with Gasteiger partial charge in [-0.1, -0.05) is 11.6 Å². The fourth-order valence-corrected chi connectivity index (χ4v) is 1.48. The molecule has 2 heterocycles. The number of H-pyrrole nitrogens is 1. The van der Waals surface area contributed by atoms with Crippen molar-refractivity contribution in [2.45, 2.75) is 6.92 Å². The maximum absolute atomic E-state index is 11.0. The topological polar surface area (TPSA) is 88.5 Å². The van der Waals surface area contributed by atoms with Gasteiger partial charge in [0.15, 0.2) is 5.15 Å². The first-order chi connectivity index (χ1) is 7.58. The Morgan fingerprint density at radius 3 is 2.81 bits per heavy atom. The maximum Gasteiger partial charge on any atom is 0.349 e. The van der Waals surface area contributed by atoms with Gasteiger partial charge in [0, 0.05) is 7.05 Å². The highest BCUT2D eigenvalue weighted by atomic mass is 35.5. The molecule has 0 unspecified atom stereocenters. The van der Waals surface area contributed by atoms with E-state index in [1.165, 1.54) is 11.0 Å². The number of aromatic amines is 1. The molecule has 0 aliphatic heterocycles. The molecule has 16 heavy (non-hydrogen) atoms. The van der Waals surface area contributed by atoms with Gasteiger partial charge >= 0.3 is 5.69 Å². The summed E-state index contributed by atoms with van der Waals surface area (Å²) in [7, 11) is 1.73. The molecule has 0 atom stereocenters. The molecule has 0 spiro atoms. The average Bonchev–Trinajstić information content (AvgIpc) is 2.45. The summed E-state index contributed by atoms with van der Waals surface area (Å²) in [6.45, 7) is 1.80. The smallest absolute Gasteiger partial charge is 0.321 e. The van der Waals surface area contributed by atoms with E-state index in [-0.39, 0.29) is 5.95 Å². The molecule has 0 saturated carbocycles. The number of aromatic nitrogens is 5. The van der Waals surface area contributed by atoms with E-state index in [0.717, 1.165) is 0 Å². The van der Waals surface area contributed by atoms with Crippen molar-refractivity contribution in [3.63, 3.8) is 0 Å². The standard InChI is InChI=1S/C8H9ClN6O/c1-4-5(6(9)15(2)14-4)12-7-10-3-11-8(16)13-7/h3H,1-2H3,(H2,10,11,12,13,16). The average molecular weight is 241 g/mol. The Bertz CT molecular complexity index is 574. The summed E-state index contributed by atoms with van der Waals surface area (Å²) in [6, 6.07) is 0. The maximum atomic E-state index is 11.0. The molecule has 0 bridgehead atoms. The Morgan fingerprint density at radius 2 is 2.25 bits per heavy atom. The molecule has 7 nitrogen and oxygen atoms in total. The van der Waals surface area contributed by atoms with E-state index in [1.54, 1.807) is 14.0 Å². The monoisotopic (exact) mass is 240 g/mol. The second-order valence-electron chi connectivity index (χ2n) is 3.15. The highest BCUT2D eigenvalue weighted by Gasteiger charge is 2.11. The summed E-state index contributed by atoms with van der Waals surface area (Å²) in [5.74, 6) is 0.276. The molecule has 0 aromatic carbocycles. The zero-order valence-electron chi connectivity index (χ0n) is 8.65. The Kier molecular flexibility index (Phi) is 2.61. The van der Waals surface area contributed by atoms with Crippen LogP contribution >= 0.6 is 11.6 Å². The first-order valence-electron chi connectivity index (χ1n) is 4.45. The van der Waals surface area contributed by atoms with Gasteiger partial charge < -0.3 is 5.32 Å². The van der Waals surface area contributed by atoms with Crippen molar-refractivity contribution in [3.8, 4) is 0 Å². The quantitative estimate of drug-likeness (QED) is 0.803. The third kappa shape index (κ3) is 1.89. The summed E-state index contributed by atoms with van der Waals surface area (Å²) in [4.78, 5) is 20.7. The lowest BCUT2D eigenvalue weighted by atomic mass is 10.4. The van der Waals surface area contributed by atoms with Crippen LogP contribution in [0.1, 0.15) is 5.69 Å². The van der Waals surface area contributed by atoms with Crippen LogP contribution in [-0.4, -0.2) is 24.7 Å². The molecule has 2 aromatic heterocycles. The molecule has 2 rings (SSSR count). The van der Waals surface area contributed by atoms with E-state index in [9.17, 15) is 4.79 Å². The van der Waals surface area contributed by atoms with Gasteiger partial charge in [-0.15, -0.1) is 0 Å². The molecule has 84 valence electrons. The van der Waals surface area contributed by atoms with Crippen LogP contribution in [0.4, 0.5) is 11.6 Å².